The Bertz CT molecular complexity index is 927. The molecule has 0 fully saturated rings. The van der Waals surface area contributed by atoms with Gasteiger partial charge < -0.3 is 14.4 Å². The van der Waals surface area contributed by atoms with Gasteiger partial charge in [-0.3, -0.25) is 0 Å². The van der Waals surface area contributed by atoms with Gasteiger partial charge in [-0.25, -0.2) is 0 Å². The fourth-order valence-corrected chi connectivity index (χ4v) is 3.28. The molecular formula is C16H11BrCl2N2O3. The monoisotopic (exact) mass is 428 g/mol. The van der Waals surface area contributed by atoms with Crippen LogP contribution in [0.1, 0.15) is 0 Å². The molecule has 0 aliphatic rings. The number of hydrogen-bond acceptors (Lipinski definition) is 4. The molecule has 1 heterocycles. The van der Waals surface area contributed by atoms with Crippen LogP contribution in [0.4, 0.5) is 5.69 Å². The number of rotatable bonds is 5. The molecule has 0 amide bonds. The normalized spacial score (nSPS) is 11.0. The third-order valence-electron chi connectivity index (χ3n) is 3.53. The van der Waals surface area contributed by atoms with E-state index in [-0.39, 0.29) is 18.2 Å². The molecule has 0 aliphatic carbocycles. The third-order valence-corrected chi connectivity index (χ3v) is 4.55. The van der Waals surface area contributed by atoms with Crippen molar-refractivity contribution in [1.82, 2.24) is 4.57 Å². The average molecular weight is 430 g/mol. The minimum absolute atomic E-state index is 0.0100. The number of nitroso groups, excluding NO2 is 1. The van der Waals surface area contributed by atoms with Gasteiger partial charge in [-0.1, -0.05) is 39.1 Å². The topological polar surface area (TPSA) is 63.8 Å². The van der Waals surface area contributed by atoms with Gasteiger partial charge in [-0.15, -0.1) is 4.91 Å². The molecule has 124 valence electrons. The lowest BCUT2D eigenvalue weighted by Crippen LogP contribution is -2.08. The minimum Gasteiger partial charge on any atom is -0.493 e. The van der Waals surface area contributed by atoms with Gasteiger partial charge in [0, 0.05) is 14.9 Å². The van der Waals surface area contributed by atoms with Crippen molar-refractivity contribution in [2.24, 2.45) is 5.18 Å². The van der Waals surface area contributed by atoms with Crippen LogP contribution in [-0.2, 0) is 6.54 Å². The standard InChI is InChI=1S/C16H11BrCl2N2O3/c17-9-1-3-13-11(7-9)15(20-23)16(22)21(13)5-6-24-14-4-2-10(18)8-12(14)19/h1-4,7-8,22H,5-6H2. The predicted molar refractivity (Wildman–Crippen MR) is 98.7 cm³/mol. The predicted octanol–water partition coefficient (Wildman–Crippen LogP) is 5.89. The van der Waals surface area contributed by atoms with Crippen molar-refractivity contribution in [2.75, 3.05) is 6.61 Å². The summed E-state index contributed by atoms with van der Waals surface area (Å²) in [6.45, 7) is 0.561. The molecule has 3 aromatic rings. The smallest absolute Gasteiger partial charge is 0.222 e. The lowest BCUT2D eigenvalue weighted by atomic mass is 10.2. The van der Waals surface area contributed by atoms with E-state index in [1.54, 1.807) is 34.9 Å². The van der Waals surface area contributed by atoms with Crippen LogP contribution >= 0.6 is 39.1 Å². The first kappa shape index (κ1) is 17.1. The van der Waals surface area contributed by atoms with Crippen LogP contribution in [0.25, 0.3) is 10.9 Å². The lowest BCUT2D eigenvalue weighted by Gasteiger charge is -2.10. The largest absolute Gasteiger partial charge is 0.493 e. The van der Waals surface area contributed by atoms with E-state index in [0.29, 0.717) is 33.2 Å². The third kappa shape index (κ3) is 3.22. The number of halogens is 3. The Kier molecular flexibility index (Phi) is 4.99. The van der Waals surface area contributed by atoms with Crippen LogP contribution in [0.2, 0.25) is 10.0 Å². The maximum Gasteiger partial charge on any atom is 0.222 e. The maximum atomic E-state index is 11.0. The zero-order valence-corrected chi connectivity index (χ0v) is 15.3. The Morgan fingerprint density at radius 3 is 2.71 bits per heavy atom. The Morgan fingerprint density at radius 1 is 1.21 bits per heavy atom. The molecule has 0 spiro atoms. The number of benzene rings is 2. The fraction of sp³-hybridized carbons (Fsp3) is 0.125. The highest BCUT2D eigenvalue weighted by atomic mass is 79.9. The number of nitrogens with zero attached hydrogens (tertiary/aromatic N) is 2. The van der Waals surface area contributed by atoms with Crippen molar-refractivity contribution in [2.45, 2.75) is 6.54 Å². The van der Waals surface area contributed by atoms with Crippen LogP contribution in [0.15, 0.2) is 46.0 Å². The number of aromatic hydroxyl groups is 1. The summed E-state index contributed by atoms with van der Waals surface area (Å²) in [5.41, 5.74) is 0.701. The molecule has 5 nitrogen and oxygen atoms in total. The molecule has 1 N–H and O–H groups in total. The van der Waals surface area contributed by atoms with Crippen LogP contribution in [0, 0.1) is 4.91 Å². The molecule has 3 rings (SSSR count). The van der Waals surface area contributed by atoms with Crippen LogP contribution < -0.4 is 4.74 Å². The van der Waals surface area contributed by atoms with Gasteiger partial charge in [0.2, 0.25) is 5.88 Å². The minimum atomic E-state index is -0.191. The van der Waals surface area contributed by atoms with Crippen molar-refractivity contribution >= 4 is 55.7 Å². The molecule has 24 heavy (non-hydrogen) atoms. The number of aromatic nitrogens is 1. The van der Waals surface area contributed by atoms with Gasteiger partial charge in [0.05, 0.1) is 17.1 Å². The van der Waals surface area contributed by atoms with Crippen LogP contribution in [-0.4, -0.2) is 16.3 Å². The zero-order valence-electron chi connectivity index (χ0n) is 12.2. The molecule has 0 saturated heterocycles. The van der Waals surface area contributed by atoms with Crippen molar-refractivity contribution in [3.05, 3.63) is 55.8 Å². The number of ether oxygens (including phenoxy) is 1. The van der Waals surface area contributed by atoms with Gasteiger partial charge in [-0.2, -0.15) is 0 Å². The molecule has 0 aliphatic heterocycles. The summed E-state index contributed by atoms with van der Waals surface area (Å²) >= 11 is 15.2. The Morgan fingerprint density at radius 2 is 2.00 bits per heavy atom. The zero-order chi connectivity index (χ0) is 17.3. The highest BCUT2D eigenvalue weighted by Gasteiger charge is 2.17. The van der Waals surface area contributed by atoms with Crippen molar-refractivity contribution < 1.29 is 9.84 Å². The van der Waals surface area contributed by atoms with Gasteiger partial charge in [0.25, 0.3) is 0 Å². The van der Waals surface area contributed by atoms with Gasteiger partial charge in [0.15, 0.2) is 5.69 Å². The molecule has 1 aromatic heterocycles. The van der Waals surface area contributed by atoms with E-state index in [4.69, 9.17) is 27.9 Å². The first-order valence-corrected chi connectivity index (χ1v) is 8.48. The molecule has 0 radical (unpaired) electrons. The summed E-state index contributed by atoms with van der Waals surface area (Å²) in [4.78, 5) is 11.0. The van der Waals surface area contributed by atoms with Gasteiger partial charge in [-0.05, 0) is 41.6 Å². The van der Waals surface area contributed by atoms with Crippen molar-refractivity contribution in [3.63, 3.8) is 0 Å². The summed E-state index contributed by atoms with van der Waals surface area (Å²) in [6, 6.07) is 10.3. The molecule has 0 saturated carbocycles. The maximum absolute atomic E-state index is 11.0. The van der Waals surface area contributed by atoms with E-state index in [0.717, 1.165) is 4.47 Å². The molecule has 2 aromatic carbocycles. The van der Waals surface area contributed by atoms with Crippen molar-refractivity contribution in [1.29, 1.82) is 0 Å². The van der Waals surface area contributed by atoms with Crippen molar-refractivity contribution in [3.8, 4) is 11.6 Å². The van der Waals surface area contributed by atoms with Crippen LogP contribution in [0.3, 0.4) is 0 Å². The van der Waals surface area contributed by atoms with E-state index in [2.05, 4.69) is 21.1 Å². The second-order valence-electron chi connectivity index (χ2n) is 5.00. The Labute approximate surface area is 155 Å². The highest BCUT2D eigenvalue weighted by molar-refractivity contribution is 9.10. The summed E-state index contributed by atoms with van der Waals surface area (Å²) in [6.07, 6.45) is 0. The quantitative estimate of drug-likeness (QED) is 0.514. The summed E-state index contributed by atoms with van der Waals surface area (Å²) in [5.74, 6) is 0.303. The summed E-state index contributed by atoms with van der Waals surface area (Å²) in [5, 5.41) is 14.7. The van der Waals surface area contributed by atoms with E-state index >= 15 is 0 Å². The second-order valence-corrected chi connectivity index (χ2v) is 6.76. The first-order valence-electron chi connectivity index (χ1n) is 6.93. The fourth-order valence-electron chi connectivity index (χ4n) is 2.45. The second kappa shape index (κ2) is 7.01. The SMILES string of the molecule is O=Nc1c(O)n(CCOc2ccc(Cl)cc2Cl)c2ccc(Br)cc12. The highest BCUT2D eigenvalue weighted by Crippen LogP contribution is 2.39. The van der Waals surface area contributed by atoms with E-state index in [1.165, 1.54) is 0 Å². The lowest BCUT2D eigenvalue weighted by molar-refractivity contribution is 0.291. The van der Waals surface area contributed by atoms with Gasteiger partial charge in [0.1, 0.15) is 12.4 Å². The first-order chi connectivity index (χ1) is 11.5. The number of fused-ring (bicyclic) bond motifs is 1. The average Bonchev–Trinajstić information content (AvgIpc) is 2.80. The number of hydrogen-bond donors (Lipinski definition) is 1. The summed E-state index contributed by atoms with van der Waals surface area (Å²) < 4.78 is 7.99. The van der Waals surface area contributed by atoms with E-state index in [9.17, 15) is 10.0 Å². The van der Waals surface area contributed by atoms with E-state index in [1.807, 2.05) is 6.07 Å². The molecular weight excluding hydrogens is 419 g/mol. The Balaban J connectivity index is 1.85. The molecule has 0 bridgehead atoms. The molecule has 0 unspecified atom stereocenters. The van der Waals surface area contributed by atoms with Crippen LogP contribution in [0.5, 0.6) is 11.6 Å². The molecule has 0 atom stereocenters. The summed E-state index contributed by atoms with van der Waals surface area (Å²) in [7, 11) is 0. The van der Waals surface area contributed by atoms with Gasteiger partial charge >= 0.3 is 0 Å². The molecule has 8 heteroatoms. The Hall–Kier alpha value is -1.76. The van der Waals surface area contributed by atoms with E-state index < -0.39 is 0 Å².